The molecule has 5 rings (SSSR count). The normalized spacial score (nSPS) is 15.3. The first-order valence-electron chi connectivity index (χ1n) is 8.69. The van der Waals surface area contributed by atoms with Gasteiger partial charge in [0.2, 0.25) is 0 Å². The van der Waals surface area contributed by atoms with Crippen molar-refractivity contribution in [1.82, 2.24) is 0 Å². The third-order valence-electron chi connectivity index (χ3n) is 5.33. The lowest BCUT2D eigenvalue weighted by molar-refractivity contribution is 0.774. The van der Waals surface area contributed by atoms with Crippen molar-refractivity contribution < 1.29 is 0 Å². The summed E-state index contributed by atoms with van der Waals surface area (Å²) in [6.07, 6.45) is 5.98. The molecule has 0 spiro atoms. The van der Waals surface area contributed by atoms with Crippen molar-refractivity contribution in [2.45, 2.75) is 39.0 Å². The number of aryl methyl sites for hydroxylation is 2. The lowest BCUT2D eigenvalue weighted by Gasteiger charge is -2.12. The van der Waals surface area contributed by atoms with Crippen LogP contribution in [0.5, 0.6) is 0 Å². The smallest absolute Gasteiger partial charge is 0.0293 e. The molecule has 120 valence electrons. The molecule has 0 N–H and O–H groups in total. The second kappa shape index (κ2) is 5.44. The van der Waals surface area contributed by atoms with Gasteiger partial charge in [0.25, 0.3) is 0 Å². The summed E-state index contributed by atoms with van der Waals surface area (Å²) in [7, 11) is 0. The maximum absolute atomic E-state index is 2.45. The minimum absolute atomic E-state index is 0.612. The van der Waals surface area contributed by atoms with Gasteiger partial charge in [0.15, 0.2) is 0 Å². The lowest BCUT2D eigenvalue weighted by atomic mass is 9.96. The van der Waals surface area contributed by atoms with Crippen LogP contribution >= 0.6 is 22.7 Å². The van der Waals surface area contributed by atoms with Crippen LogP contribution in [0.15, 0.2) is 42.5 Å². The quantitative estimate of drug-likeness (QED) is 0.480. The average molecular weight is 349 g/mol. The molecule has 0 nitrogen and oxygen atoms in total. The molecule has 3 aromatic rings. The van der Waals surface area contributed by atoms with E-state index in [0.29, 0.717) is 5.92 Å². The molecular weight excluding hydrogens is 328 g/mol. The van der Waals surface area contributed by atoms with Crippen LogP contribution in [-0.2, 0) is 6.42 Å². The SMILES string of the molecule is Cc1cc2c(s1)C(CCC1=CCc3ccccc31)c1sc(C)cc1-2. The third-order valence-corrected chi connectivity index (χ3v) is 7.65. The molecule has 0 radical (unpaired) electrons. The first-order chi connectivity index (χ1) is 11.7. The second-order valence-corrected chi connectivity index (χ2v) is 9.53. The summed E-state index contributed by atoms with van der Waals surface area (Å²) in [5.41, 5.74) is 7.58. The van der Waals surface area contributed by atoms with Crippen LogP contribution in [0.1, 0.15) is 49.4 Å². The van der Waals surface area contributed by atoms with E-state index in [9.17, 15) is 0 Å². The Balaban J connectivity index is 1.46. The number of rotatable bonds is 3. The van der Waals surface area contributed by atoms with Gasteiger partial charge < -0.3 is 0 Å². The van der Waals surface area contributed by atoms with Crippen molar-refractivity contribution in [3.8, 4) is 11.1 Å². The van der Waals surface area contributed by atoms with E-state index < -0.39 is 0 Å². The fraction of sp³-hybridized carbons (Fsp3) is 0.273. The van der Waals surface area contributed by atoms with Crippen LogP contribution in [-0.4, -0.2) is 0 Å². The highest BCUT2D eigenvalue weighted by Crippen LogP contribution is 2.54. The maximum Gasteiger partial charge on any atom is 0.0293 e. The van der Waals surface area contributed by atoms with E-state index in [1.54, 1.807) is 15.3 Å². The Morgan fingerprint density at radius 1 is 0.917 bits per heavy atom. The van der Waals surface area contributed by atoms with Crippen LogP contribution in [0, 0.1) is 13.8 Å². The van der Waals surface area contributed by atoms with Crippen molar-refractivity contribution in [1.29, 1.82) is 0 Å². The number of thiophene rings is 2. The monoisotopic (exact) mass is 348 g/mol. The van der Waals surface area contributed by atoms with Gasteiger partial charge in [0.1, 0.15) is 0 Å². The molecule has 24 heavy (non-hydrogen) atoms. The van der Waals surface area contributed by atoms with Crippen LogP contribution in [0.25, 0.3) is 16.7 Å². The Morgan fingerprint density at radius 2 is 1.58 bits per heavy atom. The Labute approximate surface area is 151 Å². The molecule has 0 unspecified atom stereocenters. The Bertz CT molecular complexity index is 922. The van der Waals surface area contributed by atoms with Gasteiger partial charge in [-0.05, 0) is 73.1 Å². The van der Waals surface area contributed by atoms with Gasteiger partial charge in [0.05, 0.1) is 0 Å². The predicted octanol–water partition coefficient (Wildman–Crippen LogP) is 6.96. The Morgan fingerprint density at radius 3 is 2.29 bits per heavy atom. The van der Waals surface area contributed by atoms with Crippen molar-refractivity contribution >= 4 is 28.2 Å². The summed E-state index contributed by atoms with van der Waals surface area (Å²) in [6, 6.07) is 13.7. The van der Waals surface area contributed by atoms with Crippen LogP contribution in [0.2, 0.25) is 0 Å². The number of hydrogen-bond donors (Lipinski definition) is 0. The standard InChI is InChI=1S/C22H20S2/c1-13-11-19-20-12-14(2)24-22(20)18(21(19)23-13)10-9-16-8-7-15-5-3-4-6-17(15)16/h3-6,8,11-12,18H,7,9-10H2,1-2H3. The van der Waals surface area contributed by atoms with Crippen LogP contribution < -0.4 is 0 Å². The third kappa shape index (κ3) is 2.17. The van der Waals surface area contributed by atoms with Gasteiger partial charge in [0, 0.05) is 25.4 Å². The summed E-state index contributed by atoms with van der Waals surface area (Å²) in [5.74, 6) is 0.612. The van der Waals surface area contributed by atoms with Crippen molar-refractivity contribution in [3.05, 3.63) is 73.1 Å². The molecule has 0 bridgehead atoms. The summed E-state index contributed by atoms with van der Waals surface area (Å²) in [4.78, 5) is 6.12. The van der Waals surface area contributed by atoms with E-state index in [2.05, 4.69) is 56.3 Å². The highest BCUT2D eigenvalue weighted by atomic mass is 32.1. The summed E-state index contributed by atoms with van der Waals surface area (Å²) in [6.45, 7) is 4.49. The van der Waals surface area contributed by atoms with Crippen LogP contribution in [0.3, 0.4) is 0 Å². The second-order valence-electron chi connectivity index (χ2n) is 6.95. The lowest BCUT2D eigenvalue weighted by Crippen LogP contribution is -1.94. The van der Waals surface area contributed by atoms with Crippen molar-refractivity contribution in [3.63, 3.8) is 0 Å². The molecule has 0 aliphatic heterocycles. The first-order valence-corrected chi connectivity index (χ1v) is 10.3. The van der Waals surface area contributed by atoms with Gasteiger partial charge in [-0.1, -0.05) is 30.3 Å². The Kier molecular flexibility index (Phi) is 3.33. The highest BCUT2D eigenvalue weighted by molar-refractivity contribution is 7.15. The predicted molar refractivity (Wildman–Crippen MR) is 106 cm³/mol. The van der Waals surface area contributed by atoms with Gasteiger partial charge >= 0.3 is 0 Å². The molecule has 1 aromatic carbocycles. The molecule has 2 aromatic heterocycles. The molecule has 0 amide bonds. The molecule has 2 aliphatic rings. The van der Waals surface area contributed by atoms with Crippen molar-refractivity contribution in [2.24, 2.45) is 0 Å². The topological polar surface area (TPSA) is 0 Å². The summed E-state index contributed by atoms with van der Waals surface area (Å²) >= 11 is 4.01. The molecular formula is C22H20S2. The first kappa shape index (κ1) is 14.7. The van der Waals surface area contributed by atoms with E-state index in [1.807, 2.05) is 22.7 Å². The fourth-order valence-corrected chi connectivity index (χ4v) is 6.71. The zero-order valence-electron chi connectivity index (χ0n) is 14.1. The molecule has 0 fully saturated rings. The van der Waals surface area contributed by atoms with E-state index in [0.717, 1.165) is 6.42 Å². The van der Waals surface area contributed by atoms with E-state index in [1.165, 1.54) is 44.8 Å². The molecule has 2 aliphatic carbocycles. The van der Waals surface area contributed by atoms with Crippen molar-refractivity contribution in [2.75, 3.05) is 0 Å². The maximum atomic E-state index is 2.45. The van der Waals surface area contributed by atoms with Gasteiger partial charge in [-0.25, -0.2) is 0 Å². The zero-order valence-corrected chi connectivity index (χ0v) is 15.7. The zero-order chi connectivity index (χ0) is 16.3. The largest absolute Gasteiger partial charge is 0.144 e. The minimum Gasteiger partial charge on any atom is -0.144 e. The molecule has 2 heteroatoms. The van der Waals surface area contributed by atoms with Gasteiger partial charge in [-0.2, -0.15) is 0 Å². The summed E-state index contributed by atoms with van der Waals surface area (Å²) < 4.78 is 0. The average Bonchev–Trinajstić information content (AvgIpc) is 3.28. The fourth-order valence-electron chi connectivity index (χ4n) is 4.28. The van der Waals surface area contributed by atoms with E-state index >= 15 is 0 Å². The molecule has 0 saturated carbocycles. The minimum atomic E-state index is 0.612. The molecule has 2 heterocycles. The van der Waals surface area contributed by atoms with E-state index in [4.69, 9.17) is 0 Å². The summed E-state index contributed by atoms with van der Waals surface area (Å²) in [5, 5.41) is 0. The molecule has 0 saturated heterocycles. The Hall–Kier alpha value is -1.64. The number of benzene rings is 1. The number of fused-ring (bicyclic) bond motifs is 4. The van der Waals surface area contributed by atoms with Crippen LogP contribution in [0.4, 0.5) is 0 Å². The van der Waals surface area contributed by atoms with Gasteiger partial charge in [-0.3, -0.25) is 0 Å². The highest BCUT2D eigenvalue weighted by Gasteiger charge is 2.32. The number of allylic oxidation sites excluding steroid dienone is 2. The van der Waals surface area contributed by atoms with E-state index in [-0.39, 0.29) is 0 Å². The molecule has 0 atom stereocenters. The van der Waals surface area contributed by atoms with Gasteiger partial charge in [-0.15, -0.1) is 22.7 Å². The number of hydrogen-bond acceptors (Lipinski definition) is 2.